The number of nitrogens with zero attached hydrogens (tertiary/aromatic N) is 1. The second-order valence-electron chi connectivity index (χ2n) is 7.49. The largest absolute Gasteiger partial charge is 0.480 e. The molecule has 2 aromatic rings. The fourth-order valence-corrected chi connectivity index (χ4v) is 4.56. The molecule has 1 aliphatic rings. The lowest BCUT2D eigenvalue weighted by atomic mass is 9.81. The SMILES string of the molecule is CC(=O)NN1c2cc(Cl)cc(Cl)c2[C@@H](c2ccc(CCCCN)cc2)C[C@@H]1C(=O)O. The van der Waals surface area contributed by atoms with Crippen molar-refractivity contribution in [2.24, 2.45) is 5.73 Å². The Morgan fingerprint density at radius 1 is 1.20 bits per heavy atom. The molecule has 1 heterocycles. The number of hydrogen-bond acceptors (Lipinski definition) is 4. The molecular formula is C22H25Cl2N3O3. The lowest BCUT2D eigenvalue weighted by molar-refractivity contribution is -0.139. The third-order valence-corrected chi connectivity index (χ3v) is 5.85. The zero-order chi connectivity index (χ0) is 21.8. The van der Waals surface area contributed by atoms with E-state index in [0.717, 1.165) is 30.4 Å². The third kappa shape index (κ3) is 4.89. The Bertz CT molecular complexity index is 934. The van der Waals surface area contributed by atoms with Gasteiger partial charge in [0.25, 0.3) is 0 Å². The van der Waals surface area contributed by atoms with Gasteiger partial charge in [0.1, 0.15) is 6.04 Å². The molecule has 4 N–H and O–H groups in total. The topological polar surface area (TPSA) is 95.7 Å². The van der Waals surface area contributed by atoms with Gasteiger partial charge in [0.15, 0.2) is 0 Å². The van der Waals surface area contributed by atoms with Crippen molar-refractivity contribution < 1.29 is 14.7 Å². The van der Waals surface area contributed by atoms with Crippen LogP contribution in [0, 0.1) is 0 Å². The highest BCUT2D eigenvalue weighted by atomic mass is 35.5. The molecule has 2 atom stereocenters. The summed E-state index contributed by atoms with van der Waals surface area (Å²) in [5.74, 6) is -1.65. The number of anilines is 1. The molecule has 0 aromatic heterocycles. The average molecular weight is 450 g/mol. The van der Waals surface area contributed by atoms with E-state index >= 15 is 0 Å². The smallest absolute Gasteiger partial charge is 0.328 e. The maximum atomic E-state index is 12.0. The first kappa shape index (κ1) is 22.4. The predicted molar refractivity (Wildman–Crippen MR) is 119 cm³/mol. The molecule has 0 radical (unpaired) electrons. The Morgan fingerprint density at radius 2 is 1.90 bits per heavy atom. The summed E-state index contributed by atoms with van der Waals surface area (Å²) >= 11 is 12.8. The molecule has 2 aromatic carbocycles. The molecule has 0 fully saturated rings. The van der Waals surface area contributed by atoms with Crippen LogP contribution in [0.15, 0.2) is 36.4 Å². The van der Waals surface area contributed by atoms with Gasteiger partial charge < -0.3 is 10.8 Å². The van der Waals surface area contributed by atoms with Crippen molar-refractivity contribution in [1.82, 2.24) is 5.43 Å². The number of rotatable bonds is 7. The van der Waals surface area contributed by atoms with Crippen molar-refractivity contribution in [1.29, 1.82) is 0 Å². The number of benzene rings is 2. The molecule has 0 saturated heterocycles. The quantitative estimate of drug-likeness (QED) is 0.552. The van der Waals surface area contributed by atoms with Crippen LogP contribution in [0.25, 0.3) is 0 Å². The Morgan fingerprint density at radius 3 is 2.50 bits per heavy atom. The Labute approximate surface area is 185 Å². The molecule has 3 rings (SSSR count). The van der Waals surface area contributed by atoms with Gasteiger partial charge in [-0.3, -0.25) is 15.2 Å². The normalized spacial score (nSPS) is 18.1. The minimum absolute atomic E-state index is 0.242. The number of aliphatic carboxylic acids is 1. The molecule has 1 amide bonds. The molecule has 160 valence electrons. The number of aryl methyl sites for hydroxylation is 1. The summed E-state index contributed by atoms with van der Waals surface area (Å²) in [4.78, 5) is 23.8. The summed E-state index contributed by atoms with van der Waals surface area (Å²) in [6.07, 6.45) is 3.21. The predicted octanol–water partition coefficient (Wildman–Crippen LogP) is 4.12. The average Bonchev–Trinajstić information content (AvgIpc) is 2.68. The van der Waals surface area contributed by atoms with Gasteiger partial charge in [-0.25, -0.2) is 4.79 Å². The second kappa shape index (κ2) is 9.69. The number of carboxylic acid groups (broad SMARTS) is 1. The minimum Gasteiger partial charge on any atom is -0.480 e. The van der Waals surface area contributed by atoms with Gasteiger partial charge in [-0.05, 0) is 55.5 Å². The fraction of sp³-hybridized carbons (Fsp3) is 0.364. The van der Waals surface area contributed by atoms with E-state index in [9.17, 15) is 14.7 Å². The number of hydrazine groups is 1. The fourth-order valence-electron chi connectivity index (χ4n) is 3.94. The van der Waals surface area contributed by atoms with E-state index in [1.807, 2.05) is 12.1 Å². The zero-order valence-corrected chi connectivity index (χ0v) is 18.2. The standard InChI is InChI=1S/C22H25Cl2N3O3/c1-13(28)26-27-19-11-16(23)10-18(24)21(19)17(12-20(27)22(29)30)15-7-5-14(6-8-15)4-2-3-9-25/h5-8,10-11,17,20H,2-4,9,12,25H2,1H3,(H,26,28)(H,29,30)/t17-,20-/m1/s1. The van der Waals surface area contributed by atoms with E-state index < -0.39 is 12.0 Å². The van der Waals surface area contributed by atoms with E-state index in [2.05, 4.69) is 17.6 Å². The number of fused-ring (bicyclic) bond motifs is 1. The number of nitrogens with two attached hydrogens (primary N) is 1. The van der Waals surface area contributed by atoms with Crippen LogP contribution >= 0.6 is 23.2 Å². The van der Waals surface area contributed by atoms with Crippen molar-refractivity contribution in [2.75, 3.05) is 11.6 Å². The van der Waals surface area contributed by atoms with Gasteiger partial charge in [-0.15, -0.1) is 0 Å². The minimum atomic E-state index is -1.03. The van der Waals surface area contributed by atoms with Crippen LogP contribution in [0.5, 0.6) is 0 Å². The highest BCUT2D eigenvalue weighted by Gasteiger charge is 2.39. The highest BCUT2D eigenvalue weighted by molar-refractivity contribution is 6.35. The van der Waals surface area contributed by atoms with E-state index in [-0.39, 0.29) is 18.2 Å². The van der Waals surface area contributed by atoms with Gasteiger partial charge >= 0.3 is 5.97 Å². The molecule has 8 heteroatoms. The zero-order valence-electron chi connectivity index (χ0n) is 16.7. The summed E-state index contributed by atoms with van der Waals surface area (Å²) in [5, 5.41) is 12.0. The molecular weight excluding hydrogens is 425 g/mol. The maximum absolute atomic E-state index is 12.0. The summed E-state index contributed by atoms with van der Waals surface area (Å²) in [6.45, 7) is 2.01. The molecule has 6 nitrogen and oxygen atoms in total. The van der Waals surface area contributed by atoms with Crippen molar-refractivity contribution >= 4 is 40.8 Å². The van der Waals surface area contributed by atoms with E-state index in [1.54, 1.807) is 12.1 Å². The monoisotopic (exact) mass is 449 g/mol. The number of amides is 1. The van der Waals surface area contributed by atoms with Crippen molar-refractivity contribution in [3.05, 3.63) is 63.1 Å². The molecule has 0 spiro atoms. The second-order valence-corrected chi connectivity index (χ2v) is 8.33. The molecule has 0 aliphatic carbocycles. The van der Waals surface area contributed by atoms with Crippen LogP contribution in [0.2, 0.25) is 10.0 Å². The van der Waals surface area contributed by atoms with E-state index in [4.69, 9.17) is 28.9 Å². The van der Waals surface area contributed by atoms with Gasteiger partial charge in [0.05, 0.1) is 5.69 Å². The van der Waals surface area contributed by atoms with Crippen molar-refractivity contribution in [3.8, 4) is 0 Å². The molecule has 0 saturated carbocycles. The van der Waals surface area contributed by atoms with Gasteiger partial charge in [-0.2, -0.15) is 0 Å². The van der Waals surface area contributed by atoms with Crippen LogP contribution in [0.3, 0.4) is 0 Å². The van der Waals surface area contributed by atoms with Crippen LogP contribution in [0.1, 0.15) is 48.8 Å². The summed E-state index contributed by atoms with van der Waals surface area (Å²) in [7, 11) is 0. The Hall–Kier alpha value is -2.28. The van der Waals surface area contributed by atoms with Crippen LogP contribution in [-0.2, 0) is 16.0 Å². The molecule has 30 heavy (non-hydrogen) atoms. The summed E-state index contributed by atoms with van der Waals surface area (Å²) < 4.78 is 0. The number of hydrogen-bond donors (Lipinski definition) is 3. The van der Waals surface area contributed by atoms with Gasteiger partial charge in [-0.1, -0.05) is 47.5 Å². The van der Waals surface area contributed by atoms with Crippen LogP contribution < -0.4 is 16.2 Å². The molecule has 0 bridgehead atoms. The number of halogens is 2. The first-order valence-corrected chi connectivity index (χ1v) is 10.6. The lowest BCUT2D eigenvalue weighted by Crippen LogP contribution is -2.54. The van der Waals surface area contributed by atoms with Crippen molar-refractivity contribution in [2.45, 2.75) is 44.6 Å². The number of carbonyl (C=O) groups is 2. The molecule has 1 aliphatic heterocycles. The summed E-state index contributed by atoms with van der Waals surface area (Å²) in [6, 6.07) is 10.5. The van der Waals surface area contributed by atoms with E-state index in [1.165, 1.54) is 17.5 Å². The van der Waals surface area contributed by atoms with Crippen molar-refractivity contribution in [3.63, 3.8) is 0 Å². The maximum Gasteiger partial charge on any atom is 0.328 e. The van der Waals surface area contributed by atoms with Crippen LogP contribution in [-0.4, -0.2) is 29.6 Å². The van der Waals surface area contributed by atoms with Gasteiger partial charge in [0.2, 0.25) is 5.91 Å². The third-order valence-electron chi connectivity index (χ3n) is 5.32. The lowest BCUT2D eigenvalue weighted by Gasteiger charge is -2.40. The number of carbonyl (C=O) groups excluding carboxylic acids is 1. The first-order chi connectivity index (χ1) is 14.3. The van der Waals surface area contributed by atoms with Crippen LogP contribution in [0.4, 0.5) is 5.69 Å². The molecule has 0 unspecified atom stereocenters. The highest BCUT2D eigenvalue weighted by Crippen LogP contribution is 2.46. The first-order valence-electron chi connectivity index (χ1n) is 9.89. The Kier molecular flexibility index (Phi) is 7.23. The number of carboxylic acids is 1. The number of unbranched alkanes of at least 4 members (excludes halogenated alkanes) is 1. The Balaban J connectivity index is 2.03. The van der Waals surface area contributed by atoms with Gasteiger partial charge in [0, 0.05) is 28.5 Å². The summed E-state index contributed by atoms with van der Waals surface area (Å²) in [5.41, 5.74) is 11.6. The van der Waals surface area contributed by atoms with E-state index in [0.29, 0.717) is 22.3 Å². The number of nitrogens with one attached hydrogen (secondary N) is 1.